The first-order valence-corrected chi connectivity index (χ1v) is 6.20. The van der Waals surface area contributed by atoms with E-state index < -0.39 is 23.6 Å². The number of aliphatic carboxylic acids is 1. The Morgan fingerprint density at radius 2 is 1.53 bits per heavy atom. The Labute approximate surface area is 112 Å². The van der Waals surface area contributed by atoms with E-state index in [1.165, 1.54) is 0 Å². The van der Waals surface area contributed by atoms with Gasteiger partial charge in [0, 0.05) is 13.1 Å². The molecule has 7 nitrogen and oxygen atoms in total. The van der Waals surface area contributed by atoms with Gasteiger partial charge >= 0.3 is 18.0 Å². The number of carboxylic acids is 1. The van der Waals surface area contributed by atoms with Crippen LogP contribution in [0.5, 0.6) is 0 Å². The van der Waals surface area contributed by atoms with Gasteiger partial charge in [-0.1, -0.05) is 0 Å². The Morgan fingerprint density at radius 3 is 2.00 bits per heavy atom. The van der Waals surface area contributed by atoms with Crippen LogP contribution in [0, 0.1) is 0 Å². The highest BCUT2D eigenvalue weighted by Gasteiger charge is 2.15. The summed E-state index contributed by atoms with van der Waals surface area (Å²) in [5, 5.41) is 13.2. The van der Waals surface area contributed by atoms with Crippen molar-refractivity contribution in [2.45, 2.75) is 45.6 Å². The quantitative estimate of drug-likeness (QED) is 0.492. The number of ether oxygens (including phenoxy) is 1. The minimum Gasteiger partial charge on any atom is -0.474 e. The highest BCUT2D eigenvalue weighted by molar-refractivity contribution is 6.31. The van der Waals surface area contributed by atoms with Gasteiger partial charge in [-0.05, 0) is 40.0 Å². The van der Waals surface area contributed by atoms with Gasteiger partial charge in [0.15, 0.2) is 0 Å². The molecule has 0 fully saturated rings. The zero-order chi connectivity index (χ0) is 14.9. The third-order valence-electron chi connectivity index (χ3n) is 2.00. The van der Waals surface area contributed by atoms with E-state index in [1.807, 2.05) is 0 Å². The molecule has 0 rings (SSSR count). The maximum absolute atomic E-state index is 11.3. The fraction of sp³-hybridized carbons (Fsp3) is 0.750. The van der Waals surface area contributed by atoms with Gasteiger partial charge in [-0.3, -0.25) is 4.79 Å². The molecule has 110 valence electrons. The van der Waals surface area contributed by atoms with Crippen LogP contribution in [0.25, 0.3) is 0 Å². The molecule has 0 aliphatic carbocycles. The number of carbonyl (C=O) groups is 3. The number of unbranched alkanes of at least 4 members (excludes halogenated alkanes) is 2. The molecule has 0 heterocycles. The lowest BCUT2D eigenvalue weighted by Gasteiger charge is -2.19. The van der Waals surface area contributed by atoms with Gasteiger partial charge in [-0.25, -0.2) is 9.59 Å². The lowest BCUT2D eigenvalue weighted by Crippen LogP contribution is -2.33. The molecule has 0 aromatic heterocycles. The zero-order valence-electron chi connectivity index (χ0n) is 11.6. The van der Waals surface area contributed by atoms with Crippen LogP contribution >= 0.6 is 0 Å². The van der Waals surface area contributed by atoms with Gasteiger partial charge in [0.25, 0.3) is 0 Å². The zero-order valence-corrected chi connectivity index (χ0v) is 11.6. The van der Waals surface area contributed by atoms with E-state index >= 15 is 0 Å². The van der Waals surface area contributed by atoms with Crippen molar-refractivity contribution in [2.75, 3.05) is 13.1 Å². The third-order valence-corrected chi connectivity index (χ3v) is 2.00. The molecule has 0 unspecified atom stereocenters. The Bertz CT molecular complexity index is 323. The van der Waals surface area contributed by atoms with Gasteiger partial charge in [0.1, 0.15) is 5.60 Å². The number of nitrogens with one attached hydrogen (secondary N) is 2. The first-order valence-electron chi connectivity index (χ1n) is 6.20. The fourth-order valence-electron chi connectivity index (χ4n) is 1.21. The molecule has 0 radical (unpaired) electrons. The van der Waals surface area contributed by atoms with E-state index in [-0.39, 0.29) is 0 Å². The van der Waals surface area contributed by atoms with Crippen molar-refractivity contribution >= 4 is 18.0 Å². The molecule has 0 saturated heterocycles. The first kappa shape index (κ1) is 17.2. The standard InChI is InChI=1S/C12H22N2O5/c1-12(2,3)19-11(18)14-8-6-4-5-7-13-9(15)10(16)17/h4-8H2,1-3H3,(H,13,15)(H,14,18)(H,16,17). The summed E-state index contributed by atoms with van der Waals surface area (Å²) in [5.74, 6) is -2.47. The second-order valence-corrected chi connectivity index (χ2v) is 5.05. The summed E-state index contributed by atoms with van der Waals surface area (Å²) in [6, 6.07) is 0. The monoisotopic (exact) mass is 274 g/mol. The maximum Gasteiger partial charge on any atom is 0.407 e. The summed E-state index contributed by atoms with van der Waals surface area (Å²) in [6.07, 6.45) is 1.72. The molecule has 0 aliphatic rings. The Kier molecular flexibility index (Phi) is 7.55. The van der Waals surface area contributed by atoms with E-state index in [1.54, 1.807) is 20.8 Å². The van der Waals surface area contributed by atoms with Crippen molar-refractivity contribution in [3.8, 4) is 0 Å². The average molecular weight is 274 g/mol. The summed E-state index contributed by atoms with van der Waals surface area (Å²) in [7, 11) is 0. The van der Waals surface area contributed by atoms with E-state index in [0.29, 0.717) is 19.5 Å². The number of hydrogen-bond acceptors (Lipinski definition) is 4. The second-order valence-electron chi connectivity index (χ2n) is 5.05. The topological polar surface area (TPSA) is 105 Å². The van der Waals surface area contributed by atoms with Gasteiger partial charge in [0.2, 0.25) is 0 Å². The highest BCUT2D eigenvalue weighted by Crippen LogP contribution is 2.06. The molecular weight excluding hydrogens is 252 g/mol. The molecule has 0 aromatic rings. The summed E-state index contributed by atoms with van der Waals surface area (Å²) in [5.41, 5.74) is -0.509. The Balaban J connectivity index is 3.44. The molecule has 2 amide bonds. The van der Waals surface area contributed by atoms with Gasteiger partial charge in [-0.15, -0.1) is 0 Å². The molecule has 0 atom stereocenters. The van der Waals surface area contributed by atoms with Crippen LogP contribution in [0.2, 0.25) is 0 Å². The number of carboxylic acid groups (broad SMARTS) is 1. The van der Waals surface area contributed by atoms with E-state index in [4.69, 9.17) is 9.84 Å². The first-order chi connectivity index (χ1) is 8.72. The predicted octanol–water partition coefficient (Wildman–Crippen LogP) is 0.882. The third kappa shape index (κ3) is 11.1. The summed E-state index contributed by atoms with van der Waals surface area (Å²) < 4.78 is 5.05. The smallest absolute Gasteiger partial charge is 0.407 e. The van der Waals surface area contributed by atoms with Crippen LogP contribution < -0.4 is 10.6 Å². The highest BCUT2D eigenvalue weighted by atomic mass is 16.6. The molecule has 0 aliphatic heterocycles. The molecule has 3 N–H and O–H groups in total. The molecule has 7 heteroatoms. The SMILES string of the molecule is CC(C)(C)OC(=O)NCCCCCNC(=O)C(=O)O. The van der Waals surface area contributed by atoms with Crippen LogP contribution in [0.4, 0.5) is 4.79 Å². The number of amides is 2. The van der Waals surface area contributed by atoms with Gasteiger partial charge < -0.3 is 20.5 Å². The Morgan fingerprint density at radius 1 is 1.00 bits per heavy atom. The maximum atomic E-state index is 11.3. The van der Waals surface area contributed by atoms with E-state index in [0.717, 1.165) is 12.8 Å². The van der Waals surface area contributed by atoms with Gasteiger partial charge in [-0.2, -0.15) is 0 Å². The molecule has 0 saturated carbocycles. The van der Waals surface area contributed by atoms with Crippen LogP contribution in [-0.4, -0.2) is 41.8 Å². The van der Waals surface area contributed by atoms with Crippen molar-refractivity contribution < 1.29 is 24.2 Å². The normalized spacial score (nSPS) is 10.7. The van der Waals surface area contributed by atoms with Crippen molar-refractivity contribution in [3.05, 3.63) is 0 Å². The minimum atomic E-state index is -1.48. The molecule has 0 spiro atoms. The number of rotatable bonds is 6. The van der Waals surface area contributed by atoms with Crippen molar-refractivity contribution in [3.63, 3.8) is 0 Å². The minimum absolute atomic E-state index is 0.317. The summed E-state index contributed by atoms with van der Waals surface area (Å²) >= 11 is 0. The number of hydrogen-bond donors (Lipinski definition) is 3. The molecule has 19 heavy (non-hydrogen) atoms. The summed E-state index contributed by atoms with van der Waals surface area (Å²) in [6.45, 7) is 6.17. The molecular formula is C12H22N2O5. The summed E-state index contributed by atoms with van der Waals surface area (Å²) in [4.78, 5) is 32.1. The lowest BCUT2D eigenvalue weighted by molar-refractivity contribution is -0.150. The van der Waals surface area contributed by atoms with Crippen molar-refractivity contribution in [2.24, 2.45) is 0 Å². The van der Waals surface area contributed by atoms with Crippen molar-refractivity contribution in [1.29, 1.82) is 0 Å². The molecule has 0 aromatic carbocycles. The van der Waals surface area contributed by atoms with Crippen LogP contribution in [0.3, 0.4) is 0 Å². The van der Waals surface area contributed by atoms with E-state index in [9.17, 15) is 14.4 Å². The molecule has 0 bridgehead atoms. The average Bonchev–Trinajstić information content (AvgIpc) is 2.24. The number of alkyl carbamates (subject to hydrolysis) is 1. The predicted molar refractivity (Wildman–Crippen MR) is 68.7 cm³/mol. The second kappa shape index (κ2) is 8.34. The van der Waals surface area contributed by atoms with Gasteiger partial charge in [0.05, 0.1) is 0 Å². The fourth-order valence-corrected chi connectivity index (χ4v) is 1.21. The lowest BCUT2D eigenvalue weighted by atomic mass is 10.2. The van der Waals surface area contributed by atoms with E-state index in [2.05, 4.69) is 10.6 Å². The number of carbonyl (C=O) groups excluding carboxylic acids is 2. The Hall–Kier alpha value is -1.79. The van der Waals surface area contributed by atoms with Crippen LogP contribution in [-0.2, 0) is 14.3 Å². The van der Waals surface area contributed by atoms with Crippen molar-refractivity contribution in [1.82, 2.24) is 10.6 Å². The largest absolute Gasteiger partial charge is 0.474 e. The van der Waals surface area contributed by atoms with Crippen LogP contribution in [0.15, 0.2) is 0 Å². The van der Waals surface area contributed by atoms with Crippen LogP contribution in [0.1, 0.15) is 40.0 Å².